The fourth-order valence-electron chi connectivity index (χ4n) is 2.74. The zero-order valence-corrected chi connectivity index (χ0v) is 18.4. The van der Waals surface area contributed by atoms with Crippen molar-refractivity contribution in [1.29, 1.82) is 0 Å². The first-order valence-electron chi connectivity index (χ1n) is 9.26. The maximum atomic E-state index is 12.5. The number of carbonyl (C=O) groups excluding carboxylic acids is 3. The number of rotatable bonds is 8. The van der Waals surface area contributed by atoms with Crippen molar-refractivity contribution in [2.75, 3.05) is 24.8 Å². The molecule has 1 amide bonds. The Kier molecular flexibility index (Phi) is 7.11. The van der Waals surface area contributed by atoms with Crippen molar-refractivity contribution in [3.8, 4) is 0 Å². The summed E-state index contributed by atoms with van der Waals surface area (Å²) >= 11 is 2.69. The van der Waals surface area contributed by atoms with Gasteiger partial charge in [0.2, 0.25) is 0 Å². The molecule has 3 rings (SSSR count). The average Bonchev–Trinajstić information content (AvgIpc) is 3.33. The van der Waals surface area contributed by atoms with Gasteiger partial charge in [-0.1, -0.05) is 24.8 Å². The van der Waals surface area contributed by atoms with Crippen molar-refractivity contribution in [1.82, 2.24) is 9.38 Å². The van der Waals surface area contributed by atoms with Crippen LogP contribution < -0.4 is 5.32 Å². The number of esters is 2. The highest BCUT2D eigenvalue weighted by atomic mass is 32.2. The molecular formula is C20H21N3O5S2. The van der Waals surface area contributed by atoms with Gasteiger partial charge in [-0.2, -0.15) is 0 Å². The van der Waals surface area contributed by atoms with Crippen LogP contribution in [0.15, 0.2) is 35.6 Å². The van der Waals surface area contributed by atoms with E-state index in [-0.39, 0.29) is 12.3 Å². The van der Waals surface area contributed by atoms with E-state index in [1.165, 1.54) is 23.1 Å². The van der Waals surface area contributed by atoms with Crippen molar-refractivity contribution in [2.45, 2.75) is 25.4 Å². The number of fused-ring (bicyclic) bond motifs is 1. The zero-order chi connectivity index (χ0) is 21.7. The lowest BCUT2D eigenvalue weighted by molar-refractivity contribution is -0.119. The molecule has 0 bridgehead atoms. The molecule has 0 radical (unpaired) electrons. The summed E-state index contributed by atoms with van der Waals surface area (Å²) in [5.74, 6) is -1.75. The van der Waals surface area contributed by atoms with Crippen molar-refractivity contribution in [3.05, 3.63) is 46.6 Å². The number of thiophene rings is 1. The van der Waals surface area contributed by atoms with Crippen LogP contribution in [0.2, 0.25) is 0 Å². The van der Waals surface area contributed by atoms with Crippen molar-refractivity contribution >= 4 is 51.5 Å². The highest BCUT2D eigenvalue weighted by Gasteiger charge is 2.21. The van der Waals surface area contributed by atoms with Crippen molar-refractivity contribution in [2.24, 2.45) is 0 Å². The SMILES string of the molecule is CCOC(=O)c1cc(CC)sc1NC(=O)COC(=O)c1nc(SC)n2ccccc12. The minimum absolute atomic E-state index is 0.143. The molecule has 0 aliphatic rings. The second-order valence-corrected chi connectivity index (χ2v) is 7.97. The van der Waals surface area contributed by atoms with Crippen LogP contribution in [0.5, 0.6) is 0 Å². The van der Waals surface area contributed by atoms with E-state index < -0.39 is 24.5 Å². The van der Waals surface area contributed by atoms with Gasteiger partial charge < -0.3 is 14.8 Å². The van der Waals surface area contributed by atoms with E-state index in [0.717, 1.165) is 4.88 Å². The van der Waals surface area contributed by atoms with E-state index in [4.69, 9.17) is 9.47 Å². The van der Waals surface area contributed by atoms with E-state index in [0.29, 0.717) is 27.7 Å². The summed E-state index contributed by atoms with van der Waals surface area (Å²) in [7, 11) is 0. The minimum atomic E-state index is -0.694. The first kappa shape index (κ1) is 21.8. The number of anilines is 1. The number of aryl methyl sites for hydroxylation is 1. The van der Waals surface area contributed by atoms with Crippen LogP contribution in [-0.2, 0) is 20.7 Å². The zero-order valence-electron chi connectivity index (χ0n) is 16.8. The van der Waals surface area contributed by atoms with Gasteiger partial charge in [-0.3, -0.25) is 9.20 Å². The molecule has 8 nitrogen and oxygen atoms in total. The second kappa shape index (κ2) is 9.77. The number of carbonyl (C=O) groups is 3. The maximum Gasteiger partial charge on any atom is 0.359 e. The summed E-state index contributed by atoms with van der Waals surface area (Å²) in [5, 5.41) is 3.66. The number of nitrogens with one attached hydrogen (secondary N) is 1. The molecule has 10 heteroatoms. The largest absolute Gasteiger partial charge is 0.462 e. The number of pyridine rings is 1. The molecule has 3 aromatic heterocycles. The van der Waals surface area contributed by atoms with E-state index in [9.17, 15) is 14.4 Å². The highest BCUT2D eigenvalue weighted by Crippen LogP contribution is 2.29. The molecule has 0 unspecified atom stereocenters. The standard InChI is InChI=1S/C20H21N3O5S2/c1-4-12-10-13(18(25)27-5-2)17(30-12)21-15(24)11-28-19(26)16-14-8-6-7-9-23(14)20(22-16)29-3/h6-10H,4-5,11H2,1-3H3,(H,21,24). The average molecular weight is 448 g/mol. The Hall–Kier alpha value is -2.85. The molecule has 1 N–H and O–H groups in total. The first-order valence-corrected chi connectivity index (χ1v) is 11.3. The van der Waals surface area contributed by atoms with Crippen LogP contribution in [0.4, 0.5) is 5.00 Å². The molecule has 3 aromatic rings. The van der Waals surface area contributed by atoms with Gasteiger partial charge in [-0.25, -0.2) is 14.6 Å². The lowest BCUT2D eigenvalue weighted by Gasteiger charge is -2.06. The molecule has 3 heterocycles. The van der Waals surface area contributed by atoms with Crippen LogP contribution >= 0.6 is 23.1 Å². The quantitative estimate of drug-likeness (QED) is 0.416. The third kappa shape index (κ3) is 4.65. The summed E-state index contributed by atoms with van der Waals surface area (Å²) < 4.78 is 12.0. The van der Waals surface area contributed by atoms with Crippen LogP contribution in [0.3, 0.4) is 0 Å². The smallest absolute Gasteiger partial charge is 0.359 e. The van der Waals surface area contributed by atoms with Gasteiger partial charge in [-0.15, -0.1) is 11.3 Å². The Morgan fingerprint density at radius 3 is 2.70 bits per heavy atom. The molecular weight excluding hydrogens is 426 g/mol. The predicted molar refractivity (Wildman–Crippen MR) is 116 cm³/mol. The summed E-state index contributed by atoms with van der Waals surface area (Å²) in [6.07, 6.45) is 4.38. The maximum absolute atomic E-state index is 12.5. The Bertz CT molecular complexity index is 1090. The molecule has 0 saturated heterocycles. The number of nitrogens with zero attached hydrogens (tertiary/aromatic N) is 2. The van der Waals surface area contributed by atoms with Crippen molar-refractivity contribution in [3.63, 3.8) is 0 Å². The summed E-state index contributed by atoms with van der Waals surface area (Å²) in [6, 6.07) is 7.09. The highest BCUT2D eigenvalue weighted by molar-refractivity contribution is 7.98. The molecule has 0 spiro atoms. The van der Waals surface area contributed by atoms with Crippen LogP contribution in [0, 0.1) is 0 Å². The van der Waals surface area contributed by atoms with Gasteiger partial charge in [0, 0.05) is 11.1 Å². The minimum Gasteiger partial charge on any atom is -0.462 e. The molecule has 0 aliphatic heterocycles. The number of amides is 1. The Morgan fingerprint density at radius 2 is 2.00 bits per heavy atom. The van der Waals surface area contributed by atoms with Gasteiger partial charge in [0.1, 0.15) is 5.00 Å². The third-order valence-corrected chi connectivity index (χ3v) is 5.95. The van der Waals surface area contributed by atoms with Crippen LogP contribution in [-0.4, -0.2) is 46.7 Å². The fraction of sp³-hybridized carbons (Fsp3) is 0.300. The van der Waals surface area contributed by atoms with Gasteiger partial charge >= 0.3 is 11.9 Å². The van der Waals surface area contributed by atoms with Crippen LogP contribution in [0.25, 0.3) is 5.52 Å². The summed E-state index contributed by atoms with van der Waals surface area (Å²) in [6.45, 7) is 3.40. The van der Waals surface area contributed by atoms with E-state index in [1.54, 1.807) is 35.7 Å². The molecule has 0 atom stereocenters. The second-order valence-electron chi connectivity index (χ2n) is 6.06. The predicted octanol–water partition coefficient (Wildman–Crippen LogP) is 3.65. The van der Waals surface area contributed by atoms with Gasteiger partial charge in [0.05, 0.1) is 17.7 Å². The lowest BCUT2D eigenvalue weighted by Crippen LogP contribution is -2.21. The normalized spacial score (nSPS) is 10.8. The molecule has 0 saturated carbocycles. The number of hydrogen-bond acceptors (Lipinski definition) is 8. The topological polar surface area (TPSA) is 99.0 Å². The third-order valence-electron chi connectivity index (χ3n) is 4.11. The molecule has 0 aromatic carbocycles. The van der Waals surface area contributed by atoms with Crippen LogP contribution in [0.1, 0.15) is 39.6 Å². The monoisotopic (exact) mass is 447 g/mol. The number of aromatic nitrogens is 2. The number of thioether (sulfide) groups is 1. The molecule has 158 valence electrons. The summed E-state index contributed by atoms with van der Waals surface area (Å²) in [4.78, 5) is 42.2. The summed E-state index contributed by atoms with van der Waals surface area (Å²) in [5.41, 5.74) is 1.04. The van der Waals surface area contributed by atoms with Gasteiger partial charge in [0.25, 0.3) is 5.91 Å². The fourth-order valence-corrected chi connectivity index (χ4v) is 4.27. The van der Waals surface area contributed by atoms with Crippen molar-refractivity contribution < 1.29 is 23.9 Å². The number of hydrogen-bond donors (Lipinski definition) is 1. The molecule has 0 fully saturated rings. The Morgan fingerprint density at radius 1 is 1.20 bits per heavy atom. The Labute approximate surface area is 181 Å². The number of imidazole rings is 1. The molecule has 0 aliphatic carbocycles. The van der Waals surface area contributed by atoms with E-state index in [1.807, 2.05) is 19.2 Å². The lowest BCUT2D eigenvalue weighted by atomic mass is 10.2. The first-order chi connectivity index (χ1) is 14.5. The van der Waals surface area contributed by atoms with E-state index in [2.05, 4.69) is 10.3 Å². The van der Waals surface area contributed by atoms with Gasteiger partial charge in [0.15, 0.2) is 17.5 Å². The van der Waals surface area contributed by atoms with Gasteiger partial charge in [-0.05, 0) is 37.8 Å². The Balaban J connectivity index is 1.69. The molecule has 30 heavy (non-hydrogen) atoms. The number of ether oxygens (including phenoxy) is 2. The van der Waals surface area contributed by atoms with E-state index >= 15 is 0 Å².